The van der Waals surface area contributed by atoms with Crippen molar-refractivity contribution in [3.63, 3.8) is 0 Å². The molecule has 2 atom stereocenters. The average Bonchev–Trinajstić information content (AvgIpc) is 2.69. The zero-order valence-corrected chi connectivity index (χ0v) is 14.3. The van der Waals surface area contributed by atoms with Crippen molar-refractivity contribution < 1.29 is 9.59 Å². The number of fused-ring (bicyclic) bond motifs is 2. The molecule has 2 bridgehead atoms. The van der Waals surface area contributed by atoms with E-state index in [1.54, 1.807) is 17.2 Å². The molecule has 0 aromatic carbocycles. The fourth-order valence-electron chi connectivity index (χ4n) is 4.54. The van der Waals surface area contributed by atoms with Gasteiger partial charge in [0.25, 0.3) is 0 Å². The van der Waals surface area contributed by atoms with Gasteiger partial charge in [0.15, 0.2) is 0 Å². The van der Waals surface area contributed by atoms with Crippen LogP contribution in [-0.4, -0.2) is 34.3 Å². The lowest BCUT2D eigenvalue weighted by Gasteiger charge is -2.39. The third-order valence-electron chi connectivity index (χ3n) is 5.02. The van der Waals surface area contributed by atoms with E-state index in [1.807, 2.05) is 13.0 Å². The largest absolute Gasteiger partial charge is 0.331 e. The molecule has 1 aliphatic heterocycles. The molecular weight excluding hydrogens is 290 g/mol. The number of amides is 2. The van der Waals surface area contributed by atoms with Crippen molar-refractivity contribution in [2.24, 2.45) is 10.8 Å². The fourth-order valence-corrected chi connectivity index (χ4v) is 4.54. The van der Waals surface area contributed by atoms with Crippen LogP contribution in [0.5, 0.6) is 0 Å². The van der Waals surface area contributed by atoms with Crippen LogP contribution in [-0.2, 0) is 9.59 Å². The van der Waals surface area contributed by atoms with Crippen molar-refractivity contribution in [3.8, 4) is 0 Å². The first kappa shape index (κ1) is 16.0. The number of hydrogen-bond donors (Lipinski definition) is 1. The number of pyridine rings is 1. The lowest BCUT2D eigenvalue weighted by Crippen LogP contribution is -2.43. The van der Waals surface area contributed by atoms with Crippen molar-refractivity contribution in [2.45, 2.75) is 53.0 Å². The molecule has 2 fully saturated rings. The van der Waals surface area contributed by atoms with E-state index in [0.717, 1.165) is 24.8 Å². The molecule has 5 nitrogen and oxygen atoms in total. The van der Waals surface area contributed by atoms with Crippen LogP contribution < -0.4 is 5.32 Å². The van der Waals surface area contributed by atoms with E-state index in [-0.39, 0.29) is 16.9 Å². The summed E-state index contributed by atoms with van der Waals surface area (Å²) in [5, 5.41) is 2.62. The number of hydrogen-bond acceptors (Lipinski definition) is 3. The monoisotopic (exact) mass is 315 g/mol. The van der Waals surface area contributed by atoms with Crippen LogP contribution in [0.3, 0.4) is 0 Å². The quantitative estimate of drug-likeness (QED) is 0.811. The van der Waals surface area contributed by atoms with E-state index in [0.29, 0.717) is 12.4 Å². The maximum Gasteiger partial charge on any atom is 0.315 e. The Kier molecular flexibility index (Phi) is 3.69. The first-order chi connectivity index (χ1) is 10.7. The van der Waals surface area contributed by atoms with Gasteiger partial charge in [0, 0.05) is 18.8 Å². The van der Waals surface area contributed by atoms with Gasteiger partial charge >= 0.3 is 11.8 Å². The summed E-state index contributed by atoms with van der Waals surface area (Å²) in [6.07, 6.45) is 4.73. The second kappa shape index (κ2) is 5.32. The molecule has 0 radical (unpaired) electrons. The molecular formula is C18H25N3O2. The predicted octanol–water partition coefficient (Wildman–Crippen LogP) is 2.76. The van der Waals surface area contributed by atoms with Crippen molar-refractivity contribution >= 4 is 17.6 Å². The van der Waals surface area contributed by atoms with Gasteiger partial charge in [-0.05, 0) is 48.6 Å². The molecule has 2 heterocycles. The summed E-state index contributed by atoms with van der Waals surface area (Å²) < 4.78 is 0. The third-order valence-corrected chi connectivity index (χ3v) is 5.02. The van der Waals surface area contributed by atoms with Gasteiger partial charge in [0.1, 0.15) is 5.82 Å². The Bertz CT molecular complexity index is 638. The van der Waals surface area contributed by atoms with E-state index in [1.165, 1.54) is 0 Å². The van der Waals surface area contributed by atoms with Gasteiger partial charge in [0.2, 0.25) is 0 Å². The summed E-state index contributed by atoms with van der Waals surface area (Å²) in [5.74, 6) is -0.600. The second-order valence-electron chi connectivity index (χ2n) is 8.32. The van der Waals surface area contributed by atoms with E-state index in [2.05, 4.69) is 31.1 Å². The minimum atomic E-state index is -0.588. The number of carbonyl (C=O) groups is 2. The Morgan fingerprint density at radius 3 is 2.65 bits per heavy atom. The highest BCUT2D eigenvalue weighted by Gasteiger charge is 2.51. The van der Waals surface area contributed by atoms with Crippen molar-refractivity contribution in [2.75, 3.05) is 11.9 Å². The highest BCUT2D eigenvalue weighted by atomic mass is 16.2. The van der Waals surface area contributed by atoms with Crippen LogP contribution in [0.1, 0.15) is 45.6 Å². The maximum absolute atomic E-state index is 12.6. The Balaban J connectivity index is 1.71. The van der Waals surface area contributed by atoms with Gasteiger partial charge in [0.05, 0.1) is 0 Å². The number of carbonyl (C=O) groups excluding carboxylic acids is 2. The molecule has 2 aliphatic rings. The fraction of sp³-hybridized carbons (Fsp3) is 0.611. The van der Waals surface area contributed by atoms with Crippen LogP contribution in [0.15, 0.2) is 18.3 Å². The van der Waals surface area contributed by atoms with Crippen molar-refractivity contribution in [3.05, 3.63) is 23.9 Å². The molecule has 2 amide bonds. The lowest BCUT2D eigenvalue weighted by atomic mass is 9.65. The predicted molar refractivity (Wildman–Crippen MR) is 88.8 cm³/mol. The molecule has 2 unspecified atom stereocenters. The molecule has 1 aromatic heterocycles. The SMILES string of the molecule is Cc1ccc(NC(=O)C(=O)N2CC3(C)CC2CC(C)(C)C3)nc1. The van der Waals surface area contributed by atoms with Gasteiger partial charge in [-0.1, -0.05) is 26.8 Å². The molecule has 1 N–H and O–H groups in total. The average molecular weight is 315 g/mol. The zero-order chi connectivity index (χ0) is 16.8. The Hall–Kier alpha value is -1.91. The summed E-state index contributed by atoms with van der Waals surface area (Å²) in [6, 6.07) is 3.75. The van der Waals surface area contributed by atoms with E-state index in [9.17, 15) is 9.59 Å². The van der Waals surface area contributed by atoms with E-state index < -0.39 is 11.8 Å². The van der Waals surface area contributed by atoms with Crippen LogP contribution >= 0.6 is 0 Å². The van der Waals surface area contributed by atoms with Gasteiger partial charge in [-0.3, -0.25) is 9.59 Å². The summed E-state index contributed by atoms with van der Waals surface area (Å²) in [7, 11) is 0. The number of aryl methyl sites for hydroxylation is 1. The minimum absolute atomic E-state index is 0.129. The van der Waals surface area contributed by atoms with Gasteiger partial charge < -0.3 is 10.2 Å². The number of rotatable bonds is 1. The molecule has 0 spiro atoms. The highest BCUT2D eigenvalue weighted by Crippen LogP contribution is 2.52. The van der Waals surface area contributed by atoms with Crippen LogP contribution in [0.25, 0.3) is 0 Å². The molecule has 124 valence electrons. The Labute approximate surface area is 137 Å². The first-order valence-electron chi connectivity index (χ1n) is 8.22. The van der Waals surface area contributed by atoms with Crippen molar-refractivity contribution in [1.29, 1.82) is 0 Å². The van der Waals surface area contributed by atoms with E-state index >= 15 is 0 Å². The smallest absolute Gasteiger partial charge is 0.315 e. The normalized spacial score (nSPS) is 28.5. The highest BCUT2D eigenvalue weighted by molar-refractivity contribution is 6.39. The summed E-state index contributed by atoms with van der Waals surface area (Å²) in [5.41, 5.74) is 1.37. The Morgan fingerprint density at radius 1 is 1.26 bits per heavy atom. The zero-order valence-electron chi connectivity index (χ0n) is 14.3. The van der Waals surface area contributed by atoms with Crippen LogP contribution in [0.2, 0.25) is 0 Å². The third kappa shape index (κ3) is 3.23. The van der Waals surface area contributed by atoms with Gasteiger partial charge in [-0.25, -0.2) is 4.98 Å². The summed E-state index contributed by atoms with van der Waals surface area (Å²) in [4.78, 5) is 30.8. The van der Waals surface area contributed by atoms with Crippen LogP contribution in [0, 0.1) is 17.8 Å². The molecule has 1 aromatic rings. The summed E-state index contributed by atoms with van der Waals surface area (Å²) >= 11 is 0. The number of anilines is 1. The molecule has 5 heteroatoms. The molecule has 1 saturated carbocycles. The molecule has 23 heavy (non-hydrogen) atoms. The first-order valence-corrected chi connectivity index (χ1v) is 8.22. The number of aromatic nitrogens is 1. The second-order valence-corrected chi connectivity index (χ2v) is 8.32. The number of nitrogens with zero attached hydrogens (tertiary/aromatic N) is 2. The van der Waals surface area contributed by atoms with Gasteiger partial charge in [-0.15, -0.1) is 0 Å². The minimum Gasteiger partial charge on any atom is -0.331 e. The lowest BCUT2D eigenvalue weighted by molar-refractivity contribution is -0.144. The van der Waals surface area contributed by atoms with E-state index in [4.69, 9.17) is 0 Å². The maximum atomic E-state index is 12.6. The number of nitrogens with one attached hydrogen (secondary N) is 1. The Morgan fingerprint density at radius 2 is 2.00 bits per heavy atom. The standard InChI is InChI=1S/C18H25N3O2/c1-12-5-6-14(19-9-12)20-15(22)16(23)21-11-18(4)8-13(21)7-17(2,3)10-18/h5-6,9,13H,7-8,10-11H2,1-4H3,(H,19,20,22). The number of likely N-dealkylation sites (tertiary alicyclic amines) is 1. The van der Waals surface area contributed by atoms with Crippen molar-refractivity contribution in [1.82, 2.24) is 9.88 Å². The van der Waals surface area contributed by atoms with Gasteiger partial charge in [-0.2, -0.15) is 0 Å². The topological polar surface area (TPSA) is 62.3 Å². The molecule has 3 rings (SSSR count). The molecule has 1 saturated heterocycles. The summed E-state index contributed by atoms with van der Waals surface area (Å²) in [6.45, 7) is 9.34. The molecule has 1 aliphatic carbocycles. The van der Waals surface area contributed by atoms with Crippen LogP contribution in [0.4, 0.5) is 5.82 Å².